The maximum atomic E-state index is 12.6. The molecule has 1 aliphatic carbocycles. The lowest BCUT2D eigenvalue weighted by Crippen LogP contribution is -2.48. The van der Waals surface area contributed by atoms with Crippen LogP contribution in [-0.2, 0) is 11.3 Å². The molecule has 1 amide bonds. The number of nitrogens with one attached hydrogen (secondary N) is 3. The van der Waals surface area contributed by atoms with Crippen LogP contribution in [0.1, 0.15) is 37.8 Å². The lowest BCUT2D eigenvalue weighted by molar-refractivity contribution is -0.0504. The van der Waals surface area contributed by atoms with E-state index in [0.717, 1.165) is 18.4 Å². The zero-order valence-electron chi connectivity index (χ0n) is 17.1. The van der Waals surface area contributed by atoms with E-state index in [-0.39, 0.29) is 18.3 Å². The Morgan fingerprint density at radius 2 is 2.03 bits per heavy atom. The molecule has 0 bridgehead atoms. The zero-order chi connectivity index (χ0) is 21.2. The monoisotopic (exact) mass is 412 g/mol. The summed E-state index contributed by atoms with van der Waals surface area (Å²) < 4.78 is 34.8. The molecule has 29 heavy (non-hydrogen) atoms. The van der Waals surface area contributed by atoms with Crippen molar-refractivity contribution in [2.45, 2.75) is 52.8 Å². The minimum atomic E-state index is -2.89. The number of ether oxygens (including phenoxy) is 2. The Balaban J connectivity index is 2.02. The van der Waals surface area contributed by atoms with Gasteiger partial charge in [0.1, 0.15) is 5.75 Å². The van der Waals surface area contributed by atoms with Crippen LogP contribution in [0.15, 0.2) is 23.2 Å². The second-order valence-corrected chi connectivity index (χ2v) is 6.87. The maximum Gasteiger partial charge on any atom is 0.407 e. The van der Waals surface area contributed by atoms with E-state index in [1.165, 1.54) is 6.07 Å². The fraction of sp³-hybridized carbons (Fsp3) is 0.600. The third kappa shape index (κ3) is 8.13. The van der Waals surface area contributed by atoms with Crippen LogP contribution in [0.4, 0.5) is 13.6 Å². The molecule has 1 saturated carbocycles. The summed E-state index contributed by atoms with van der Waals surface area (Å²) in [6, 6.07) is 4.96. The van der Waals surface area contributed by atoms with Crippen molar-refractivity contribution in [3.63, 3.8) is 0 Å². The van der Waals surface area contributed by atoms with Crippen molar-refractivity contribution in [1.82, 2.24) is 16.0 Å². The van der Waals surface area contributed by atoms with Gasteiger partial charge in [0.2, 0.25) is 0 Å². The number of alkyl carbamates (subject to hydrolysis) is 1. The largest absolute Gasteiger partial charge is 0.450 e. The van der Waals surface area contributed by atoms with E-state index in [2.05, 4.69) is 25.7 Å². The summed E-state index contributed by atoms with van der Waals surface area (Å²) in [6.07, 6.45) is 1.69. The predicted molar refractivity (Wildman–Crippen MR) is 107 cm³/mol. The fourth-order valence-corrected chi connectivity index (χ4v) is 2.91. The number of hydrogen-bond donors (Lipinski definition) is 3. The van der Waals surface area contributed by atoms with Crippen LogP contribution in [0.5, 0.6) is 5.75 Å². The number of guanidine groups is 1. The number of nitrogens with zero attached hydrogens (tertiary/aromatic N) is 1. The highest BCUT2D eigenvalue weighted by Gasteiger charge is 2.32. The molecule has 0 saturated heterocycles. The Morgan fingerprint density at radius 3 is 2.66 bits per heavy atom. The van der Waals surface area contributed by atoms with E-state index in [1.807, 2.05) is 13.8 Å². The third-order valence-electron chi connectivity index (χ3n) is 4.44. The molecule has 1 unspecified atom stereocenters. The summed E-state index contributed by atoms with van der Waals surface area (Å²) in [7, 11) is 0. The van der Waals surface area contributed by atoms with Crippen LogP contribution < -0.4 is 20.7 Å². The SMILES string of the molecule is CCNC(=NCc1cc(C)ccc1OC(F)F)NCC(NC(=O)OCC)C1CC1. The van der Waals surface area contributed by atoms with Gasteiger partial charge in [-0.15, -0.1) is 0 Å². The van der Waals surface area contributed by atoms with E-state index in [1.54, 1.807) is 19.1 Å². The second-order valence-electron chi connectivity index (χ2n) is 6.87. The normalized spacial score (nSPS) is 15.0. The summed E-state index contributed by atoms with van der Waals surface area (Å²) in [5.74, 6) is 1.07. The maximum absolute atomic E-state index is 12.6. The topological polar surface area (TPSA) is 84.0 Å². The molecule has 1 atom stereocenters. The number of amides is 1. The van der Waals surface area contributed by atoms with E-state index in [4.69, 9.17) is 4.74 Å². The van der Waals surface area contributed by atoms with E-state index < -0.39 is 12.7 Å². The molecule has 0 aliphatic heterocycles. The van der Waals surface area contributed by atoms with Crippen LogP contribution in [0.25, 0.3) is 0 Å². The highest BCUT2D eigenvalue weighted by atomic mass is 19.3. The van der Waals surface area contributed by atoms with Gasteiger partial charge in [0.15, 0.2) is 5.96 Å². The molecule has 2 rings (SSSR count). The molecule has 7 nitrogen and oxygen atoms in total. The molecular formula is C20H30F2N4O3. The van der Waals surface area contributed by atoms with Crippen molar-refractivity contribution in [2.24, 2.45) is 10.9 Å². The van der Waals surface area contributed by atoms with Crippen LogP contribution in [-0.4, -0.2) is 44.4 Å². The minimum absolute atomic E-state index is 0.0606. The van der Waals surface area contributed by atoms with Gasteiger partial charge in [-0.2, -0.15) is 8.78 Å². The van der Waals surface area contributed by atoms with Gasteiger partial charge in [-0.05, 0) is 45.6 Å². The van der Waals surface area contributed by atoms with Gasteiger partial charge in [0.05, 0.1) is 19.2 Å². The molecular weight excluding hydrogens is 382 g/mol. The zero-order valence-corrected chi connectivity index (χ0v) is 17.1. The number of benzene rings is 1. The van der Waals surface area contributed by atoms with Crippen LogP contribution in [0, 0.1) is 12.8 Å². The van der Waals surface area contributed by atoms with Crippen LogP contribution in [0.2, 0.25) is 0 Å². The van der Waals surface area contributed by atoms with Gasteiger partial charge >= 0.3 is 12.7 Å². The van der Waals surface area contributed by atoms with E-state index in [9.17, 15) is 13.6 Å². The first kappa shape index (κ1) is 22.7. The molecule has 3 N–H and O–H groups in total. The highest BCUT2D eigenvalue weighted by Crippen LogP contribution is 2.32. The summed E-state index contributed by atoms with van der Waals surface area (Å²) in [5.41, 5.74) is 1.51. The standard InChI is InChI=1S/C20H30F2N4O3/c1-4-23-19(25-12-16(14-7-8-14)26-20(27)28-5-2)24-11-15-10-13(3)6-9-17(15)29-18(21)22/h6,9-10,14,16,18H,4-5,7-8,11-12H2,1-3H3,(H,26,27)(H2,23,24,25). The van der Waals surface area contributed by atoms with Crippen LogP contribution >= 0.6 is 0 Å². The fourth-order valence-electron chi connectivity index (χ4n) is 2.91. The number of carbonyl (C=O) groups excluding carboxylic acids is 1. The number of carbonyl (C=O) groups is 1. The third-order valence-corrected chi connectivity index (χ3v) is 4.44. The Labute approximate surface area is 170 Å². The number of alkyl halides is 2. The average Bonchev–Trinajstić information content (AvgIpc) is 3.49. The van der Waals surface area contributed by atoms with Crippen molar-refractivity contribution in [3.8, 4) is 5.75 Å². The minimum Gasteiger partial charge on any atom is -0.450 e. The van der Waals surface area contributed by atoms with E-state index in [0.29, 0.717) is 37.1 Å². The van der Waals surface area contributed by atoms with Crippen molar-refractivity contribution in [3.05, 3.63) is 29.3 Å². The van der Waals surface area contributed by atoms with Crippen molar-refractivity contribution in [2.75, 3.05) is 19.7 Å². The summed E-state index contributed by atoms with van der Waals surface area (Å²) >= 11 is 0. The average molecular weight is 412 g/mol. The van der Waals surface area contributed by atoms with E-state index >= 15 is 0 Å². The molecule has 1 fully saturated rings. The van der Waals surface area contributed by atoms with Gasteiger partial charge < -0.3 is 25.4 Å². The number of aryl methyl sites for hydroxylation is 1. The summed E-state index contributed by atoms with van der Waals surface area (Å²) in [5, 5.41) is 9.22. The van der Waals surface area contributed by atoms with Gasteiger partial charge in [0.25, 0.3) is 0 Å². The Bertz CT molecular complexity index is 696. The molecule has 0 radical (unpaired) electrons. The van der Waals surface area contributed by atoms with Crippen molar-refractivity contribution >= 4 is 12.1 Å². The number of rotatable bonds is 10. The smallest absolute Gasteiger partial charge is 0.407 e. The summed E-state index contributed by atoms with van der Waals surface area (Å²) in [4.78, 5) is 16.2. The van der Waals surface area contributed by atoms with Gasteiger partial charge in [-0.25, -0.2) is 9.79 Å². The number of halogens is 2. The Morgan fingerprint density at radius 1 is 1.28 bits per heavy atom. The van der Waals surface area contributed by atoms with Gasteiger partial charge in [0, 0.05) is 18.7 Å². The molecule has 0 aromatic heterocycles. The van der Waals surface area contributed by atoms with Crippen LogP contribution in [0.3, 0.4) is 0 Å². The first-order valence-electron chi connectivity index (χ1n) is 9.92. The Kier molecular flexibility index (Phi) is 8.95. The number of aliphatic imine (C=N–C) groups is 1. The quantitative estimate of drug-likeness (QED) is 0.406. The molecule has 0 heterocycles. The molecule has 1 aliphatic rings. The molecule has 162 valence electrons. The lowest BCUT2D eigenvalue weighted by Gasteiger charge is -2.20. The first-order valence-corrected chi connectivity index (χ1v) is 9.92. The second kappa shape index (κ2) is 11.4. The van der Waals surface area contributed by atoms with Gasteiger partial charge in [-0.3, -0.25) is 0 Å². The molecule has 9 heteroatoms. The van der Waals surface area contributed by atoms with Gasteiger partial charge in [-0.1, -0.05) is 17.7 Å². The first-order chi connectivity index (χ1) is 13.9. The molecule has 1 aromatic rings. The number of hydrogen-bond acceptors (Lipinski definition) is 4. The summed E-state index contributed by atoms with van der Waals surface area (Å²) in [6.45, 7) is 4.31. The molecule has 1 aromatic carbocycles. The lowest BCUT2D eigenvalue weighted by atomic mass is 10.1. The predicted octanol–water partition coefficient (Wildman–Crippen LogP) is 3.18. The highest BCUT2D eigenvalue weighted by molar-refractivity contribution is 5.80. The molecule has 0 spiro atoms. The van der Waals surface area contributed by atoms with Crippen molar-refractivity contribution < 1.29 is 23.0 Å². The Hall–Kier alpha value is -2.58. The van der Waals surface area contributed by atoms with Crippen molar-refractivity contribution in [1.29, 1.82) is 0 Å².